The molecule has 0 radical (unpaired) electrons. The molecule has 1 amide bonds. The third kappa shape index (κ3) is 3.29. The van der Waals surface area contributed by atoms with Gasteiger partial charge in [-0.05, 0) is 19.3 Å². The van der Waals surface area contributed by atoms with Gasteiger partial charge in [0, 0.05) is 0 Å². The van der Waals surface area contributed by atoms with Gasteiger partial charge in [-0.15, -0.1) is 11.3 Å². The Morgan fingerprint density at radius 3 is 2.44 bits per heavy atom. The minimum Gasteiger partial charge on any atom is -0.480 e. The van der Waals surface area contributed by atoms with E-state index in [4.69, 9.17) is 5.11 Å². The smallest absolute Gasteiger partial charge is 0.326 e. The first-order chi connectivity index (χ1) is 8.36. The molecule has 2 N–H and O–H groups in total. The SMILES string of the molecule is CCc1nc(C)c(C(=O)NC(C(=O)O)C(C)C)s1. The minimum absolute atomic E-state index is 0.162. The highest BCUT2D eigenvalue weighted by Gasteiger charge is 2.25. The molecule has 6 heteroatoms. The highest BCUT2D eigenvalue weighted by molar-refractivity contribution is 7.13. The summed E-state index contributed by atoms with van der Waals surface area (Å²) in [5, 5.41) is 12.5. The maximum absolute atomic E-state index is 12.0. The van der Waals surface area contributed by atoms with Gasteiger partial charge in [0.05, 0.1) is 10.7 Å². The summed E-state index contributed by atoms with van der Waals surface area (Å²) in [4.78, 5) is 27.8. The predicted octanol–water partition coefficient (Wildman–Crippen LogP) is 1.85. The first kappa shape index (κ1) is 14.6. The molecule has 0 saturated carbocycles. The molecule has 0 spiro atoms. The van der Waals surface area contributed by atoms with E-state index in [1.54, 1.807) is 20.8 Å². The number of rotatable bonds is 5. The number of aromatic nitrogens is 1. The lowest BCUT2D eigenvalue weighted by atomic mass is 10.0. The number of hydrogen-bond donors (Lipinski definition) is 2. The number of hydrogen-bond acceptors (Lipinski definition) is 4. The van der Waals surface area contributed by atoms with Crippen LogP contribution in [0.4, 0.5) is 0 Å². The van der Waals surface area contributed by atoms with Gasteiger partial charge in [-0.2, -0.15) is 0 Å². The summed E-state index contributed by atoms with van der Waals surface area (Å²) >= 11 is 1.32. The van der Waals surface area contributed by atoms with Crippen molar-refractivity contribution in [2.45, 2.75) is 40.2 Å². The van der Waals surface area contributed by atoms with Crippen LogP contribution in [0.25, 0.3) is 0 Å². The lowest BCUT2D eigenvalue weighted by Gasteiger charge is -2.17. The van der Waals surface area contributed by atoms with E-state index in [9.17, 15) is 9.59 Å². The molecule has 1 aromatic rings. The van der Waals surface area contributed by atoms with Crippen LogP contribution in [0.3, 0.4) is 0 Å². The number of thiazole rings is 1. The number of aryl methyl sites for hydroxylation is 2. The summed E-state index contributed by atoms with van der Waals surface area (Å²) < 4.78 is 0. The monoisotopic (exact) mass is 270 g/mol. The molecule has 0 aliphatic heterocycles. The molecule has 18 heavy (non-hydrogen) atoms. The second-order valence-corrected chi connectivity index (χ2v) is 5.49. The summed E-state index contributed by atoms with van der Waals surface area (Å²) in [5.41, 5.74) is 0.655. The molecule has 0 saturated heterocycles. The summed E-state index contributed by atoms with van der Waals surface area (Å²) in [6.45, 7) is 7.25. The first-order valence-electron chi connectivity index (χ1n) is 5.86. The number of carbonyl (C=O) groups is 2. The Morgan fingerprint density at radius 1 is 1.44 bits per heavy atom. The number of nitrogens with zero attached hydrogens (tertiary/aromatic N) is 1. The summed E-state index contributed by atoms with van der Waals surface area (Å²) in [5.74, 6) is -1.53. The molecule has 1 rings (SSSR count). The van der Waals surface area contributed by atoms with Crippen molar-refractivity contribution in [1.29, 1.82) is 0 Å². The lowest BCUT2D eigenvalue weighted by molar-refractivity contribution is -0.140. The molecule has 0 bridgehead atoms. The Hall–Kier alpha value is -1.43. The third-order valence-corrected chi connectivity index (χ3v) is 3.87. The van der Waals surface area contributed by atoms with E-state index >= 15 is 0 Å². The Balaban J connectivity index is 2.87. The number of carbonyl (C=O) groups excluding carboxylic acids is 1. The van der Waals surface area contributed by atoms with Crippen molar-refractivity contribution in [2.75, 3.05) is 0 Å². The Kier molecular flexibility index (Phi) is 4.84. The van der Waals surface area contributed by atoms with Crippen molar-refractivity contribution < 1.29 is 14.7 Å². The van der Waals surface area contributed by atoms with Gasteiger partial charge >= 0.3 is 5.97 Å². The van der Waals surface area contributed by atoms with Crippen molar-refractivity contribution in [1.82, 2.24) is 10.3 Å². The number of nitrogens with one attached hydrogen (secondary N) is 1. The summed E-state index contributed by atoms with van der Waals surface area (Å²) in [6.07, 6.45) is 0.769. The number of carboxylic acid groups (broad SMARTS) is 1. The highest BCUT2D eigenvalue weighted by atomic mass is 32.1. The van der Waals surface area contributed by atoms with Crippen molar-refractivity contribution in [3.8, 4) is 0 Å². The van der Waals surface area contributed by atoms with E-state index in [2.05, 4.69) is 10.3 Å². The van der Waals surface area contributed by atoms with Crippen LogP contribution < -0.4 is 5.32 Å². The van der Waals surface area contributed by atoms with Crippen LogP contribution in [0, 0.1) is 12.8 Å². The molecular weight excluding hydrogens is 252 g/mol. The molecule has 0 aliphatic carbocycles. The number of carboxylic acids is 1. The maximum Gasteiger partial charge on any atom is 0.326 e. The van der Waals surface area contributed by atoms with E-state index in [1.807, 2.05) is 6.92 Å². The van der Waals surface area contributed by atoms with Gasteiger partial charge in [-0.3, -0.25) is 4.79 Å². The van der Waals surface area contributed by atoms with Crippen LogP contribution in [-0.4, -0.2) is 28.0 Å². The zero-order chi connectivity index (χ0) is 13.9. The quantitative estimate of drug-likeness (QED) is 0.855. The minimum atomic E-state index is -1.02. The van der Waals surface area contributed by atoms with Gasteiger partial charge in [0.1, 0.15) is 10.9 Å². The average Bonchev–Trinajstić information content (AvgIpc) is 2.66. The first-order valence-corrected chi connectivity index (χ1v) is 6.68. The molecule has 1 atom stereocenters. The molecule has 0 fully saturated rings. The molecule has 100 valence electrons. The van der Waals surface area contributed by atoms with E-state index in [0.717, 1.165) is 11.4 Å². The zero-order valence-corrected chi connectivity index (χ0v) is 11.8. The van der Waals surface area contributed by atoms with Crippen LogP contribution >= 0.6 is 11.3 Å². The van der Waals surface area contributed by atoms with E-state index in [-0.39, 0.29) is 11.8 Å². The zero-order valence-electron chi connectivity index (χ0n) is 11.0. The standard InChI is InChI=1S/C12H18N2O3S/c1-5-8-13-7(4)10(18-8)11(15)14-9(6(2)3)12(16)17/h6,9H,5H2,1-4H3,(H,14,15)(H,16,17). The van der Waals surface area contributed by atoms with Crippen molar-refractivity contribution in [3.63, 3.8) is 0 Å². The van der Waals surface area contributed by atoms with Gasteiger partial charge in [-0.25, -0.2) is 9.78 Å². The van der Waals surface area contributed by atoms with Gasteiger partial charge in [-0.1, -0.05) is 20.8 Å². The topological polar surface area (TPSA) is 79.3 Å². The van der Waals surface area contributed by atoms with Gasteiger partial charge < -0.3 is 10.4 Å². The van der Waals surface area contributed by atoms with E-state index in [1.165, 1.54) is 11.3 Å². The van der Waals surface area contributed by atoms with Crippen LogP contribution in [-0.2, 0) is 11.2 Å². The molecule has 1 aromatic heterocycles. The molecule has 0 aromatic carbocycles. The van der Waals surface area contributed by atoms with Gasteiger partial charge in [0.25, 0.3) is 5.91 Å². The Bertz CT molecular complexity index is 454. The van der Waals surface area contributed by atoms with Gasteiger partial charge in [0.2, 0.25) is 0 Å². The fourth-order valence-electron chi connectivity index (χ4n) is 1.53. The Morgan fingerprint density at radius 2 is 2.06 bits per heavy atom. The summed E-state index contributed by atoms with van der Waals surface area (Å²) in [6, 6.07) is -0.871. The number of aliphatic carboxylic acids is 1. The average molecular weight is 270 g/mol. The normalized spacial score (nSPS) is 12.5. The molecule has 1 heterocycles. The lowest BCUT2D eigenvalue weighted by Crippen LogP contribution is -2.44. The van der Waals surface area contributed by atoms with Crippen molar-refractivity contribution >= 4 is 23.2 Å². The van der Waals surface area contributed by atoms with Crippen LogP contribution in [0.2, 0.25) is 0 Å². The molecular formula is C12H18N2O3S. The molecule has 1 unspecified atom stereocenters. The van der Waals surface area contributed by atoms with E-state index < -0.39 is 12.0 Å². The highest BCUT2D eigenvalue weighted by Crippen LogP contribution is 2.18. The fourth-order valence-corrected chi connectivity index (χ4v) is 2.44. The largest absolute Gasteiger partial charge is 0.480 e. The third-order valence-electron chi connectivity index (χ3n) is 2.57. The Labute approximate surface area is 110 Å². The van der Waals surface area contributed by atoms with Crippen molar-refractivity contribution in [3.05, 3.63) is 15.6 Å². The van der Waals surface area contributed by atoms with Gasteiger partial charge in [0.15, 0.2) is 0 Å². The molecule has 0 aliphatic rings. The number of amides is 1. The maximum atomic E-state index is 12.0. The second kappa shape index (κ2) is 5.95. The predicted molar refractivity (Wildman–Crippen MR) is 70.0 cm³/mol. The van der Waals surface area contributed by atoms with Crippen LogP contribution in [0.15, 0.2) is 0 Å². The van der Waals surface area contributed by atoms with Crippen LogP contribution in [0.5, 0.6) is 0 Å². The second-order valence-electron chi connectivity index (χ2n) is 4.41. The molecule has 5 nitrogen and oxygen atoms in total. The van der Waals surface area contributed by atoms with Crippen molar-refractivity contribution in [2.24, 2.45) is 5.92 Å². The summed E-state index contributed by atoms with van der Waals surface area (Å²) in [7, 11) is 0. The fraction of sp³-hybridized carbons (Fsp3) is 0.583. The van der Waals surface area contributed by atoms with Crippen LogP contribution in [0.1, 0.15) is 41.1 Å². The van der Waals surface area contributed by atoms with E-state index in [0.29, 0.717) is 10.6 Å².